The summed E-state index contributed by atoms with van der Waals surface area (Å²) in [6.45, 7) is 1.86. The number of para-hydroxylation sites is 1. The summed E-state index contributed by atoms with van der Waals surface area (Å²) in [5, 5.41) is 2.94. The highest BCUT2D eigenvalue weighted by Gasteiger charge is 2.05. The number of amides is 1. The van der Waals surface area contributed by atoms with Crippen molar-refractivity contribution >= 4 is 23.4 Å². The van der Waals surface area contributed by atoms with Crippen LogP contribution in [-0.4, -0.2) is 5.91 Å². The fraction of sp³-hybridized carbons (Fsp3) is 0.188. The molecular formula is C16H17NOS. The summed E-state index contributed by atoms with van der Waals surface area (Å²) in [4.78, 5) is 12.6. The molecule has 0 saturated carbocycles. The first-order chi connectivity index (χ1) is 9.29. The Hall–Kier alpha value is -1.74. The maximum atomic E-state index is 11.5. The highest BCUT2D eigenvalue weighted by atomic mass is 32.2. The molecule has 0 heterocycles. The standard InChI is InChI=1S/C16H17NOS/c1-2-16(18)17-14-10-6-7-11-15(14)19-12-13-8-4-3-5-9-13/h3-11H,2,12H2,1H3,(H,17,18). The van der Waals surface area contributed by atoms with E-state index in [0.29, 0.717) is 6.42 Å². The third-order valence-corrected chi connectivity index (χ3v) is 3.86. The number of carbonyl (C=O) groups is 1. The van der Waals surface area contributed by atoms with Crippen molar-refractivity contribution in [2.75, 3.05) is 5.32 Å². The lowest BCUT2D eigenvalue weighted by atomic mass is 10.2. The van der Waals surface area contributed by atoms with E-state index < -0.39 is 0 Å². The van der Waals surface area contributed by atoms with Crippen LogP contribution in [0.5, 0.6) is 0 Å². The van der Waals surface area contributed by atoms with Gasteiger partial charge in [0.05, 0.1) is 5.69 Å². The Morgan fingerprint density at radius 1 is 1.05 bits per heavy atom. The second-order valence-corrected chi connectivity index (χ2v) is 5.19. The molecule has 0 aliphatic carbocycles. The molecule has 0 aliphatic rings. The second-order valence-electron chi connectivity index (χ2n) is 4.17. The maximum Gasteiger partial charge on any atom is 0.224 e. The molecule has 2 nitrogen and oxygen atoms in total. The minimum atomic E-state index is 0.0489. The number of hydrogen-bond donors (Lipinski definition) is 1. The lowest BCUT2D eigenvalue weighted by Gasteiger charge is -2.10. The van der Waals surface area contributed by atoms with Gasteiger partial charge in [0.15, 0.2) is 0 Å². The molecule has 0 fully saturated rings. The lowest BCUT2D eigenvalue weighted by Crippen LogP contribution is -2.10. The SMILES string of the molecule is CCC(=O)Nc1ccccc1SCc1ccccc1. The van der Waals surface area contributed by atoms with Gasteiger partial charge in [-0.05, 0) is 17.7 Å². The predicted octanol–water partition coefficient (Wildman–Crippen LogP) is 4.33. The van der Waals surface area contributed by atoms with E-state index >= 15 is 0 Å². The highest BCUT2D eigenvalue weighted by Crippen LogP contribution is 2.29. The van der Waals surface area contributed by atoms with Gasteiger partial charge in [0.25, 0.3) is 0 Å². The summed E-state index contributed by atoms with van der Waals surface area (Å²) in [7, 11) is 0. The number of carbonyl (C=O) groups excluding carboxylic acids is 1. The largest absolute Gasteiger partial charge is 0.325 e. The quantitative estimate of drug-likeness (QED) is 0.820. The van der Waals surface area contributed by atoms with Gasteiger partial charge in [-0.25, -0.2) is 0 Å². The fourth-order valence-electron chi connectivity index (χ4n) is 1.67. The Morgan fingerprint density at radius 3 is 2.47 bits per heavy atom. The zero-order valence-electron chi connectivity index (χ0n) is 10.9. The van der Waals surface area contributed by atoms with Crippen LogP contribution in [0.4, 0.5) is 5.69 Å². The zero-order chi connectivity index (χ0) is 13.5. The molecule has 2 aromatic rings. The maximum absolute atomic E-state index is 11.5. The Morgan fingerprint density at radius 2 is 1.74 bits per heavy atom. The molecule has 1 amide bonds. The van der Waals surface area contributed by atoms with E-state index in [0.717, 1.165) is 16.3 Å². The van der Waals surface area contributed by atoms with Crippen LogP contribution in [0.3, 0.4) is 0 Å². The normalized spacial score (nSPS) is 10.2. The van der Waals surface area contributed by atoms with Crippen molar-refractivity contribution in [3.05, 3.63) is 60.2 Å². The smallest absolute Gasteiger partial charge is 0.224 e. The minimum absolute atomic E-state index is 0.0489. The van der Waals surface area contributed by atoms with Gasteiger partial charge in [0.2, 0.25) is 5.91 Å². The summed E-state index contributed by atoms with van der Waals surface area (Å²) in [6.07, 6.45) is 0.498. The van der Waals surface area contributed by atoms with Crippen molar-refractivity contribution in [1.29, 1.82) is 0 Å². The van der Waals surface area contributed by atoms with Crippen molar-refractivity contribution in [3.63, 3.8) is 0 Å². The number of nitrogens with one attached hydrogen (secondary N) is 1. The molecule has 1 N–H and O–H groups in total. The first-order valence-electron chi connectivity index (χ1n) is 6.35. The summed E-state index contributed by atoms with van der Waals surface area (Å²) < 4.78 is 0. The van der Waals surface area contributed by atoms with Crippen LogP contribution in [0.1, 0.15) is 18.9 Å². The molecule has 0 unspecified atom stereocenters. The van der Waals surface area contributed by atoms with Crippen LogP contribution < -0.4 is 5.32 Å². The highest BCUT2D eigenvalue weighted by molar-refractivity contribution is 7.98. The van der Waals surface area contributed by atoms with Gasteiger partial charge >= 0.3 is 0 Å². The van der Waals surface area contributed by atoms with Crippen LogP contribution in [0, 0.1) is 0 Å². The number of thioether (sulfide) groups is 1. The summed E-state index contributed by atoms with van der Waals surface area (Å²) in [5.74, 6) is 0.951. The minimum Gasteiger partial charge on any atom is -0.325 e. The van der Waals surface area contributed by atoms with E-state index in [1.165, 1.54) is 5.56 Å². The van der Waals surface area contributed by atoms with Gasteiger partial charge < -0.3 is 5.32 Å². The van der Waals surface area contributed by atoms with Crippen molar-refractivity contribution in [1.82, 2.24) is 0 Å². The zero-order valence-corrected chi connectivity index (χ0v) is 11.7. The fourth-order valence-corrected chi connectivity index (χ4v) is 2.63. The average molecular weight is 271 g/mol. The van der Waals surface area contributed by atoms with Crippen molar-refractivity contribution in [3.8, 4) is 0 Å². The molecule has 2 rings (SSSR count). The first kappa shape index (κ1) is 13.7. The Balaban J connectivity index is 2.05. The molecule has 0 atom stereocenters. The van der Waals surface area contributed by atoms with Crippen molar-refractivity contribution in [2.24, 2.45) is 0 Å². The second kappa shape index (κ2) is 7.00. The topological polar surface area (TPSA) is 29.1 Å². The van der Waals surface area contributed by atoms with E-state index in [1.807, 2.05) is 49.4 Å². The number of rotatable bonds is 5. The molecule has 0 spiro atoms. The van der Waals surface area contributed by atoms with Gasteiger partial charge in [-0.15, -0.1) is 11.8 Å². The summed E-state index contributed by atoms with van der Waals surface area (Å²) in [6, 6.07) is 18.2. The van der Waals surface area contributed by atoms with Crippen LogP contribution in [-0.2, 0) is 10.5 Å². The monoisotopic (exact) mass is 271 g/mol. The Kier molecular flexibility index (Phi) is 5.04. The molecule has 0 aromatic heterocycles. The van der Waals surface area contributed by atoms with Gasteiger partial charge in [-0.3, -0.25) is 4.79 Å². The van der Waals surface area contributed by atoms with Gasteiger partial charge in [-0.1, -0.05) is 49.4 Å². The van der Waals surface area contributed by atoms with Gasteiger partial charge in [0.1, 0.15) is 0 Å². The van der Waals surface area contributed by atoms with E-state index in [4.69, 9.17) is 0 Å². The molecule has 2 aromatic carbocycles. The molecule has 0 saturated heterocycles. The van der Waals surface area contributed by atoms with Crippen LogP contribution in [0.15, 0.2) is 59.5 Å². The molecule has 0 bridgehead atoms. The summed E-state index contributed by atoms with van der Waals surface area (Å²) in [5.41, 5.74) is 2.18. The molecule has 0 aliphatic heterocycles. The molecule has 19 heavy (non-hydrogen) atoms. The number of benzene rings is 2. The van der Waals surface area contributed by atoms with Gasteiger partial charge in [-0.2, -0.15) is 0 Å². The van der Waals surface area contributed by atoms with E-state index in [1.54, 1.807) is 11.8 Å². The number of anilines is 1. The van der Waals surface area contributed by atoms with E-state index in [-0.39, 0.29) is 5.91 Å². The number of hydrogen-bond acceptors (Lipinski definition) is 2. The molecule has 98 valence electrons. The van der Waals surface area contributed by atoms with Gasteiger partial charge in [0, 0.05) is 17.1 Å². The third-order valence-electron chi connectivity index (χ3n) is 2.72. The third kappa shape index (κ3) is 4.14. The Labute approximate surface area is 118 Å². The van der Waals surface area contributed by atoms with Crippen LogP contribution in [0.25, 0.3) is 0 Å². The van der Waals surface area contributed by atoms with Crippen molar-refractivity contribution in [2.45, 2.75) is 24.0 Å². The van der Waals surface area contributed by atoms with E-state index in [9.17, 15) is 4.79 Å². The average Bonchev–Trinajstić information content (AvgIpc) is 2.47. The van der Waals surface area contributed by atoms with Crippen molar-refractivity contribution < 1.29 is 4.79 Å². The molecule has 3 heteroatoms. The van der Waals surface area contributed by atoms with Crippen LogP contribution in [0.2, 0.25) is 0 Å². The van der Waals surface area contributed by atoms with Crippen LogP contribution >= 0.6 is 11.8 Å². The van der Waals surface area contributed by atoms with E-state index in [2.05, 4.69) is 17.4 Å². The predicted molar refractivity (Wildman–Crippen MR) is 81.4 cm³/mol. The molecule has 0 radical (unpaired) electrons. The summed E-state index contributed by atoms with van der Waals surface area (Å²) >= 11 is 1.74. The Bertz CT molecular complexity index is 539. The lowest BCUT2D eigenvalue weighted by molar-refractivity contribution is -0.115. The molecular weight excluding hydrogens is 254 g/mol. The first-order valence-corrected chi connectivity index (χ1v) is 7.33.